The van der Waals surface area contributed by atoms with E-state index in [1.807, 2.05) is 20.8 Å². The summed E-state index contributed by atoms with van der Waals surface area (Å²) in [4.78, 5) is 26.2. The topological polar surface area (TPSA) is 93.2 Å². The molecule has 0 saturated carbocycles. The van der Waals surface area contributed by atoms with E-state index < -0.39 is 24.3 Å². The van der Waals surface area contributed by atoms with Gasteiger partial charge < -0.3 is 16.0 Å². The van der Waals surface area contributed by atoms with Crippen LogP contribution < -0.4 is 11.1 Å². The number of hydrogen-bond donors (Lipinski definition) is 2. The molecule has 1 aliphatic heterocycles. The molecule has 0 aliphatic carbocycles. The number of primary amides is 1. The zero-order chi connectivity index (χ0) is 20.6. The summed E-state index contributed by atoms with van der Waals surface area (Å²) in [7, 11) is 0. The van der Waals surface area contributed by atoms with Crippen LogP contribution in [-0.2, 0) is 6.54 Å². The van der Waals surface area contributed by atoms with E-state index >= 15 is 0 Å². The minimum absolute atomic E-state index is 0.0757. The van der Waals surface area contributed by atoms with Crippen LogP contribution in [0, 0.1) is 0 Å². The predicted molar refractivity (Wildman–Crippen MR) is 105 cm³/mol. The lowest BCUT2D eigenvalue weighted by Gasteiger charge is -2.32. The standard InChI is InChI=1S/C19H23ClFN5O2/c1-19(2,3)23-17(27)15-14-10-25(18(22)28)9-13(8-21)26(14)24-16(15)11-5-4-6-12(20)7-11/h4-7,13H,8-10H2,1-3H3,(H2,22,28)(H,23,27). The van der Waals surface area contributed by atoms with Gasteiger partial charge in [0, 0.05) is 22.7 Å². The summed E-state index contributed by atoms with van der Waals surface area (Å²) in [6.07, 6.45) is 0. The molecule has 1 aliphatic rings. The molecule has 1 atom stereocenters. The predicted octanol–water partition coefficient (Wildman–Crippen LogP) is 3.14. The van der Waals surface area contributed by atoms with E-state index in [4.69, 9.17) is 17.3 Å². The molecular formula is C19H23ClFN5O2. The molecule has 7 nitrogen and oxygen atoms in total. The molecule has 3 amide bonds. The van der Waals surface area contributed by atoms with Crippen molar-refractivity contribution >= 4 is 23.5 Å². The lowest BCUT2D eigenvalue weighted by molar-refractivity contribution is 0.0915. The van der Waals surface area contributed by atoms with Crippen molar-refractivity contribution < 1.29 is 14.0 Å². The molecule has 0 saturated heterocycles. The Hall–Kier alpha value is -2.61. The van der Waals surface area contributed by atoms with Crippen LogP contribution in [0.3, 0.4) is 0 Å². The summed E-state index contributed by atoms with van der Waals surface area (Å²) < 4.78 is 15.2. The number of amides is 3. The van der Waals surface area contributed by atoms with E-state index in [-0.39, 0.29) is 19.0 Å². The van der Waals surface area contributed by atoms with E-state index in [9.17, 15) is 14.0 Å². The number of fused-ring (bicyclic) bond motifs is 1. The Morgan fingerprint density at radius 3 is 2.68 bits per heavy atom. The summed E-state index contributed by atoms with van der Waals surface area (Å²) in [5.41, 5.74) is 6.70. The van der Waals surface area contributed by atoms with Crippen molar-refractivity contribution in [2.24, 2.45) is 5.73 Å². The van der Waals surface area contributed by atoms with Crippen molar-refractivity contribution in [3.63, 3.8) is 0 Å². The lowest BCUT2D eigenvalue weighted by atomic mass is 10.0. The Morgan fingerprint density at radius 2 is 2.11 bits per heavy atom. The SMILES string of the molecule is CC(C)(C)NC(=O)c1c(-c2cccc(Cl)c2)nn2c1CN(C(N)=O)CC2CF. The number of halogens is 2. The molecular weight excluding hydrogens is 385 g/mol. The number of alkyl halides is 1. The first-order valence-electron chi connectivity index (χ1n) is 8.91. The maximum Gasteiger partial charge on any atom is 0.315 e. The van der Waals surface area contributed by atoms with E-state index in [0.717, 1.165) is 0 Å². The first-order chi connectivity index (χ1) is 13.1. The summed E-state index contributed by atoms with van der Waals surface area (Å²) >= 11 is 6.12. The number of hydrogen-bond acceptors (Lipinski definition) is 3. The first-order valence-corrected chi connectivity index (χ1v) is 9.28. The van der Waals surface area contributed by atoms with Crippen molar-refractivity contribution in [1.82, 2.24) is 20.0 Å². The second-order valence-electron chi connectivity index (χ2n) is 7.86. The fourth-order valence-corrected chi connectivity index (χ4v) is 3.45. The number of aromatic nitrogens is 2. The third-order valence-corrected chi connectivity index (χ3v) is 4.67. The largest absolute Gasteiger partial charge is 0.351 e. The highest BCUT2D eigenvalue weighted by molar-refractivity contribution is 6.30. The van der Waals surface area contributed by atoms with Crippen molar-refractivity contribution in [2.45, 2.75) is 38.9 Å². The third kappa shape index (κ3) is 3.96. The average molecular weight is 408 g/mol. The van der Waals surface area contributed by atoms with Crippen molar-refractivity contribution in [3.8, 4) is 11.3 Å². The van der Waals surface area contributed by atoms with Crippen molar-refractivity contribution in [2.75, 3.05) is 13.2 Å². The highest BCUT2D eigenvalue weighted by Gasteiger charge is 2.35. The van der Waals surface area contributed by atoms with Crippen LogP contribution in [0.2, 0.25) is 5.02 Å². The molecule has 28 heavy (non-hydrogen) atoms. The number of rotatable bonds is 3. The van der Waals surface area contributed by atoms with Gasteiger partial charge in [0.2, 0.25) is 0 Å². The molecule has 0 bridgehead atoms. The first kappa shape index (κ1) is 20.1. The Balaban J connectivity index is 2.20. The van der Waals surface area contributed by atoms with Crippen LogP contribution in [-0.4, -0.2) is 45.4 Å². The fourth-order valence-electron chi connectivity index (χ4n) is 3.26. The number of benzene rings is 1. The van der Waals surface area contributed by atoms with Crippen LogP contribution >= 0.6 is 11.6 Å². The molecule has 0 spiro atoms. The Kier molecular flexibility index (Phi) is 5.34. The van der Waals surface area contributed by atoms with E-state index in [1.54, 1.807) is 24.3 Å². The van der Waals surface area contributed by atoms with Crippen molar-refractivity contribution in [1.29, 1.82) is 0 Å². The number of carbonyl (C=O) groups is 2. The van der Waals surface area contributed by atoms with E-state index in [0.29, 0.717) is 27.5 Å². The molecule has 9 heteroatoms. The Morgan fingerprint density at radius 1 is 1.39 bits per heavy atom. The number of urea groups is 1. The van der Waals surface area contributed by atoms with Crippen LogP contribution in [0.15, 0.2) is 24.3 Å². The van der Waals surface area contributed by atoms with Gasteiger partial charge in [-0.3, -0.25) is 9.48 Å². The molecule has 3 N–H and O–H groups in total. The van der Waals surface area contributed by atoms with Gasteiger partial charge >= 0.3 is 6.03 Å². The fraction of sp³-hybridized carbons (Fsp3) is 0.421. The zero-order valence-corrected chi connectivity index (χ0v) is 16.8. The highest BCUT2D eigenvalue weighted by Crippen LogP contribution is 2.33. The maximum atomic E-state index is 13.7. The van der Waals surface area contributed by atoms with Gasteiger partial charge in [-0.2, -0.15) is 5.10 Å². The summed E-state index contributed by atoms with van der Waals surface area (Å²) in [6, 6.07) is 5.56. The molecule has 1 aromatic carbocycles. The summed E-state index contributed by atoms with van der Waals surface area (Å²) in [5.74, 6) is -0.354. The molecule has 0 fully saturated rings. The maximum absolute atomic E-state index is 13.7. The van der Waals surface area contributed by atoms with Gasteiger partial charge in [0.25, 0.3) is 5.91 Å². The van der Waals surface area contributed by atoms with Gasteiger partial charge in [-0.15, -0.1) is 0 Å². The summed E-state index contributed by atoms with van der Waals surface area (Å²) in [5, 5.41) is 7.95. The normalized spacial score (nSPS) is 16.6. The Bertz CT molecular complexity index is 922. The highest BCUT2D eigenvalue weighted by atomic mass is 35.5. The summed E-state index contributed by atoms with van der Waals surface area (Å²) in [6.45, 7) is 5.01. The Labute approximate surface area is 167 Å². The number of nitrogens with zero attached hydrogens (tertiary/aromatic N) is 3. The third-order valence-electron chi connectivity index (χ3n) is 4.43. The minimum Gasteiger partial charge on any atom is -0.351 e. The second kappa shape index (κ2) is 7.43. The molecule has 1 aromatic heterocycles. The molecule has 2 aromatic rings. The molecule has 2 heterocycles. The van der Waals surface area contributed by atoms with Gasteiger partial charge in [-0.25, -0.2) is 9.18 Å². The monoisotopic (exact) mass is 407 g/mol. The lowest BCUT2D eigenvalue weighted by Crippen LogP contribution is -2.46. The van der Waals surface area contributed by atoms with Crippen molar-refractivity contribution in [3.05, 3.63) is 40.5 Å². The molecule has 3 rings (SSSR count). The molecule has 1 unspecified atom stereocenters. The van der Waals surface area contributed by atoms with Gasteiger partial charge in [0.15, 0.2) is 0 Å². The molecule has 0 radical (unpaired) electrons. The van der Waals surface area contributed by atoms with Gasteiger partial charge in [0.1, 0.15) is 12.4 Å². The van der Waals surface area contributed by atoms with Crippen LogP contribution in [0.25, 0.3) is 11.3 Å². The van der Waals surface area contributed by atoms with Crippen LogP contribution in [0.5, 0.6) is 0 Å². The zero-order valence-electron chi connectivity index (χ0n) is 16.0. The second-order valence-corrected chi connectivity index (χ2v) is 8.29. The number of carbonyl (C=O) groups excluding carboxylic acids is 2. The van der Waals surface area contributed by atoms with Gasteiger partial charge in [-0.1, -0.05) is 23.7 Å². The smallest absolute Gasteiger partial charge is 0.315 e. The average Bonchev–Trinajstić information content (AvgIpc) is 2.99. The van der Waals surface area contributed by atoms with Gasteiger partial charge in [-0.05, 0) is 32.9 Å². The number of nitrogens with two attached hydrogens (primary N) is 1. The van der Waals surface area contributed by atoms with E-state index in [1.165, 1.54) is 9.58 Å². The quantitative estimate of drug-likeness (QED) is 0.818. The minimum atomic E-state index is -0.742. The van der Waals surface area contributed by atoms with Gasteiger partial charge in [0.05, 0.1) is 23.8 Å². The van der Waals surface area contributed by atoms with Crippen LogP contribution in [0.4, 0.5) is 9.18 Å². The molecule has 150 valence electrons. The van der Waals surface area contributed by atoms with E-state index in [2.05, 4.69) is 10.4 Å². The number of nitrogens with one attached hydrogen (secondary N) is 1. The van der Waals surface area contributed by atoms with Crippen LogP contribution in [0.1, 0.15) is 42.9 Å².